The maximum absolute atomic E-state index is 12.2. The van der Waals surface area contributed by atoms with Gasteiger partial charge in [0, 0.05) is 24.9 Å². The average molecular weight is 442 g/mol. The number of hydrogen-bond donors (Lipinski definition) is 0. The van der Waals surface area contributed by atoms with Crippen LogP contribution in [0, 0.1) is 6.92 Å². The molecule has 0 spiro atoms. The SMILES string of the molecule is C=CN(CCCCCCOc1coc(COC2CCCCO2)cc1=O)c1ccccc1C. The number of para-hydroxylation sites is 1. The quantitative estimate of drug-likeness (QED) is 0.378. The van der Waals surface area contributed by atoms with Gasteiger partial charge < -0.3 is 23.5 Å². The van der Waals surface area contributed by atoms with E-state index in [4.69, 9.17) is 18.6 Å². The first kappa shape index (κ1) is 24.1. The van der Waals surface area contributed by atoms with Crippen LogP contribution in [0.5, 0.6) is 5.75 Å². The minimum Gasteiger partial charge on any atom is -0.487 e. The van der Waals surface area contributed by atoms with E-state index in [1.165, 1.54) is 23.6 Å². The van der Waals surface area contributed by atoms with Crippen molar-refractivity contribution in [3.63, 3.8) is 0 Å². The molecule has 0 N–H and O–H groups in total. The molecule has 6 nitrogen and oxygen atoms in total. The number of hydrogen-bond acceptors (Lipinski definition) is 6. The van der Waals surface area contributed by atoms with Gasteiger partial charge in [0.2, 0.25) is 11.2 Å². The normalized spacial score (nSPS) is 16.0. The second kappa shape index (κ2) is 13.1. The molecule has 1 unspecified atom stereocenters. The molecule has 0 amide bonds. The Balaban J connectivity index is 1.31. The van der Waals surface area contributed by atoms with Crippen molar-refractivity contribution in [2.75, 3.05) is 24.7 Å². The Bertz CT molecular complexity index is 888. The molecule has 1 fully saturated rings. The summed E-state index contributed by atoms with van der Waals surface area (Å²) < 4.78 is 22.3. The van der Waals surface area contributed by atoms with E-state index in [2.05, 4.69) is 42.7 Å². The van der Waals surface area contributed by atoms with Gasteiger partial charge in [-0.25, -0.2) is 0 Å². The fraction of sp³-hybridized carbons (Fsp3) is 0.500. The largest absolute Gasteiger partial charge is 0.487 e. The molecule has 2 aromatic rings. The molecule has 1 aliphatic heterocycles. The molecule has 0 aliphatic carbocycles. The summed E-state index contributed by atoms with van der Waals surface area (Å²) in [5.74, 6) is 0.733. The van der Waals surface area contributed by atoms with Crippen molar-refractivity contribution in [2.45, 2.75) is 64.8 Å². The fourth-order valence-corrected chi connectivity index (χ4v) is 3.75. The lowest BCUT2D eigenvalue weighted by molar-refractivity contribution is -0.171. The highest BCUT2D eigenvalue weighted by molar-refractivity contribution is 5.54. The molecule has 1 aromatic heterocycles. The standard InChI is InChI=1S/C26H35NO5/c1-3-27(23-13-7-6-12-21(23)2)15-9-4-5-10-16-29-25-20-31-22(18-24(25)28)19-32-26-14-8-11-17-30-26/h3,6-7,12-13,18,20,26H,1,4-5,8-11,14-17,19H2,2H3. The molecule has 1 atom stereocenters. The van der Waals surface area contributed by atoms with Crippen molar-refractivity contribution in [3.8, 4) is 5.75 Å². The van der Waals surface area contributed by atoms with E-state index in [1.54, 1.807) is 0 Å². The van der Waals surface area contributed by atoms with Gasteiger partial charge in [-0.1, -0.05) is 37.6 Å². The van der Waals surface area contributed by atoms with Crippen LogP contribution in [0.4, 0.5) is 5.69 Å². The van der Waals surface area contributed by atoms with Crippen molar-refractivity contribution >= 4 is 5.69 Å². The summed E-state index contributed by atoms with van der Waals surface area (Å²) in [5, 5.41) is 0. The van der Waals surface area contributed by atoms with E-state index in [0.29, 0.717) is 12.4 Å². The van der Waals surface area contributed by atoms with Gasteiger partial charge in [-0.05, 0) is 56.9 Å². The highest BCUT2D eigenvalue weighted by Crippen LogP contribution is 2.20. The molecule has 174 valence electrons. The van der Waals surface area contributed by atoms with Gasteiger partial charge in [-0.2, -0.15) is 0 Å². The van der Waals surface area contributed by atoms with Crippen molar-refractivity contribution in [2.24, 2.45) is 0 Å². The molecule has 0 saturated carbocycles. The topological polar surface area (TPSA) is 61.1 Å². The number of anilines is 1. The number of nitrogens with zero attached hydrogens (tertiary/aromatic N) is 1. The lowest BCUT2D eigenvalue weighted by Crippen LogP contribution is -2.22. The highest BCUT2D eigenvalue weighted by atomic mass is 16.7. The minimum absolute atomic E-state index is 0.181. The van der Waals surface area contributed by atoms with Gasteiger partial charge in [0.15, 0.2) is 6.29 Å². The van der Waals surface area contributed by atoms with Crippen LogP contribution in [0.3, 0.4) is 0 Å². The number of rotatable bonds is 13. The second-order valence-electron chi connectivity index (χ2n) is 8.11. The third kappa shape index (κ3) is 7.53. The highest BCUT2D eigenvalue weighted by Gasteiger charge is 2.15. The zero-order valence-electron chi connectivity index (χ0n) is 19.1. The summed E-state index contributed by atoms with van der Waals surface area (Å²) >= 11 is 0. The molecule has 3 rings (SSSR count). The van der Waals surface area contributed by atoms with E-state index in [-0.39, 0.29) is 24.1 Å². The van der Waals surface area contributed by atoms with Crippen molar-refractivity contribution in [3.05, 3.63) is 70.9 Å². The van der Waals surface area contributed by atoms with E-state index in [9.17, 15) is 4.79 Å². The molecule has 6 heteroatoms. The van der Waals surface area contributed by atoms with Gasteiger partial charge in [0.05, 0.1) is 6.61 Å². The van der Waals surface area contributed by atoms with Gasteiger partial charge in [-0.15, -0.1) is 0 Å². The van der Waals surface area contributed by atoms with Crippen LogP contribution in [0.2, 0.25) is 0 Å². The van der Waals surface area contributed by atoms with Crippen LogP contribution in [0.25, 0.3) is 0 Å². The molecule has 32 heavy (non-hydrogen) atoms. The molecule has 2 heterocycles. The first-order valence-corrected chi connectivity index (χ1v) is 11.6. The Hall–Kier alpha value is -2.57. The molecule has 0 radical (unpaired) electrons. The van der Waals surface area contributed by atoms with Crippen LogP contribution in [0.1, 0.15) is 56.3 Å². The molecule has 0 bridgehead atoms. The van der Waals surface area contributed by atoms with Gasteiger partial charge in [0.1, 0.15) is 18.6 Å². The lowest BCUT2D eigenvalue weighted by Gasteiger charge is -2.22. The minimum atomic E-state index is -0.208. The molecule has 1 aromatic carbocycles. The Morgan fingerprint density at radius 1 is 1.19 bits per heavy atom. The zero-order valence-corrected chi connectivity index (χ0v) is 19.1. The van der Waals surface area contributed by atoms with E-state index in [1.807, 2.05) is 6.20 Å². The monoisotopic (exact) mass is 441 g/mol. The third-order valence-electron chi connectivity index (χ3n) is 5.60. The summed E-state index contributed by atoms with van der Waals surface area (Å²) in [5.41, 5.74) is 2.27. The van der Waals surface area contributed by atoms with E-state index >= 15 is 0 Å². The predicted octanol–water partition coefficient (Wildman–Crippen LogP) is 5.58. The van der Waals surface area contributed by atoms with Crippen LogP contribution in [-0.2, 0) is 16.1 Å². The smallest absolute Gasteiger partial charge is 0.227 e. The van der Waals surface area contributed by atoms with Crippen molar-refractivity contribution in [1.29, 1.82) is 0 Å². The van der Waals surface area contributed by atoms with Crippen LogP contribution in [0.15, 0.2) is 58.6 Å². The number of ether oxygens (including phenoxy) is 3. The van der Waals surface area contributed by atoms with Crippen molar-refractivity contribution < 1.29 is 18.6 Å². The van der Waals surface area contributed by atoms with Gasteiger partial charge in [0.25, 0.3) is 0 Å². The number of benzene rings is 1. The van der Waals surface area contributed by atoms with E-state index in [0.717, 1.165) is 58.1 Å². The van der Waals surface area contributed by atoms with Gasteiger partial charge in [-0.3, -0.25) is 4.79 Å². The van der Waals surface area contributed by atoms with Crippen LogP contribution >= 0.6 is 0 Å². The molecular formula is C26H35NO5. The van der Waals surface area contributed by atoms with E-state index < -0.39 is 0 Å². The zero-order chi connectivity index (χ0) is 22.6. The number of unbranched alkanes of at least 4 members (excludes halogenated alkanes) is 3. The summed E-state index contributed by atoms with van der Waals surface area (Å²) in [4.78, 5) is 14.4. The molecular weight excluding hydrogens is 406 g/mol. The lowest BCUT2D eigenvalue weighted by atomic mass is 10.1. The second-order valence-corrected chi connectivity index (χ2v) is 8.11. The Labute approximate surface area is 190 Å². The maximum Gasteiger partial charge on any atom is 0.227 e. The van der Waals surface area contributed by atoms with Gasteiger partial charge >= 0.3 is 0 Å². The first-order valence-electron chi connectivity index (χ1n) is 11.6. The summed E-state index contributed by atoms with van der Waals surface area (Å²) in [6.45, 7) is 8.45. The third-order valence-corrected chi connectivity index (χ3v) is 5.60. The predicted molar refractivity (Wildman–Crippen MR) is 126 cm³/mol. The molecule has 1 aliphatic rings. The van der Waals surface area contributed by atoms with Crippen molar-refractivity contribution in [1.82, 2.24) is 0 Å². The molecule has 1 saturated heterocycles. The Kier molecular flexibility index (Phi) is 9.85. The summed E-state index contributed by atoms with van der Waals surface area (Å²) in [6, 6.07) is 9.78. The first-order chi connectivity index (χ1) is 15.7. The maximum atomic E-state index is 12.2. The average Bonchev–Trinajstić information content (AvgIpc) is 2.82. The number of aryl methyl sites for hydroxylation is 1. The van der Waals surface area contributed by atoms with Crippen LogP contribution < -0.4 is 15.1 Å². The van der Waals surface area contributed by atoms with Crippen LogP contribution in [-0.4, -0.2) is 26.0 Å². The fourth-order valence-electron chi connectivity index (χ4n) is 3.75. The Morgan fingerprint density at radius 2 is 2.03 bits per heavy atom. The summed E-state index contributed by atoms with van der Waals surface area (Å²) in [7, 11) is 0. The Morgan fingerprint density at radius 3 is 2.78 bits per heavy atom. The summed E-state index contributed by atoms with van der Waals surface area (Å²) in [6.07, 6.45) is 10.2.